The largest absolute Gasteiger partial charge is 0.388 e. The summed E-state index contributed by atoms with van der Waals surface area (Å²) in [5, 5.41) is 28.8. The molecule has 6 N–H and O–H groups in total. The monoisotopic (exact) mass is 582 g/mol. The number of carbonyl (C=O) groups is 1. The number of nitrogens with two attached hydrogens (primary N) is 1. The number of aromatic nitrogens is 4. The zero-order valence-corrected chi connectivity index (χ0v) is 24.0. The molecule has 3 aliphatic rings. The van der Waals surface area contributed by atoms with Crippen molar-refractivity contribution in [3.63, 3.8) is 0 Å². The second kappa shape index (κ2) is 11.6. The average molecular weight is 583 g/mol. The summed E-state index contributed by atoms with van der Waals surface area (Å²) in [6.07, 6.45) is 3.46. The summed E-state index contributed by atoms with van der Waals surface area (Å²) in [5.74, 6) is 1.05. The van der Waals surface area contributed by atoms with Gasteiger partial charge in [-0.15, -0.1) is 0 Å². The summed E-state index contributed by atoms with van der Waals surface area (Å²) in [7, 11) is 0. The van der Waals surface area contributed by atoms with E-state index in [1.54, 1.807) is 6.33 Å². The minimum Gasteiger partial charge on any atom is -0.388 e. The number of hydrogen-bond donors (Lipinski definition) is 5. The molecule has 43 heavy (non-hydrogen) atoms. The predicted octanol–water partition coefficient (Wildman–Crippen LogP) is 2.52. The topological polar surface area (TPSA) is 154 Å². The number of aliphatic hydroxyl groups is 2. The normalized spacial score (nSPS) is 25.8. The van der Waals surface area contributed by atoms with Gasteiger partial charge in [-0.1, -0.05) is 67.1 Å². The van der Waals surface area contributed by atoms with Gasteiger partial charge in [0.1, 0.15) is 12.2 Å². The van der Waals surface area contributed by atoms with Crippen LogP contribution in [0.15, 0.2) is 67.0 Å². The van der Waals surface area contributed by atoms with Crippen LogP contribution >= 0.6 is 0 Å². The molecular formula is C32H38N8O3. The van der Waals surface area contributed by atoms with Gasteiger partial charge in [-0.25, -0.2) is 4.98 Å². The second-order valence-corrected chi connectivity index (χ2v) is 12.1. The summed E-state index contributed by atoms with van der Waals surface area (Å²) in [5.41, 5.74) is 9.51. The molecule has 1 saturated heterocycles. The lowest BCUT2D eigenvalue weighted by atomic mass is 9.84. The minimum atomic E-state index is -1.10. The van der Waals surface area contributed by atoms with Crippen LogP contribution in [0.25, 0.3) is 11.2 Å². The van der Waals surface area contributed by atoms with Crippen LogP contribution in [0.4, 0.5) is 11.8 Å². The fraction of sp³-hybridized carbons (Fsp3) is 0.438. The summed E-state index contributed by atoms with van der Waals surface area (Å²) < 4.78 is 1.82. The molecule has 2 saturated carbocycles. The van der Waals surface area contributed by atoms with E-state index in [0.29, 0.717) is 35.9 Å². The molecule has 2 aromatic carbocycles. The van der Waals surface area contributed by atoms with E-state index in [2.05, 4.69) is 39.8 Å². The van der Waals surface area contributed by atoms with Crippen molar-refractivity contribution in [1.29, 1.82) is 0 Å². The van der Waals surface area contributed by atoms with Crippen LogP contribution in [0, 0.1) is 5.92 Å². The summed E-state index contributed by atoms with van der Waals surface area (Å²) in [6, 6.07) is 19.1. The van der Waals surface area contributed by atoms with Gasteiger partial charge in [0, 0.05) is 25.0 Å². The highest BCUT2D eigenvalue weighted by atomic mass is 16.3. The van der Waals surface area contributed by atoms with Gasteiger partial charge in [-0.2, -0.15) is 9.97 Å². The summed E-state index contributed by atoms with van der Waals surface area (Å²) in [4.78, 5) is 29.4. The van der Waals surface area contributed by atoms with E-state index in [9.17, 15) is 15.0 Å². The van der Waals surface area contributed by atoms with Crippen LogP contribution < -0.4 is 21.3 Å². The number of rotatable bonds is 8. The van der Waals surface area contributed by atoms with Crippen LogP contribution in [0.1, 0.15) is 55.3 Å². The molecule has 0 bridgehead atoms. The van der Waals surface area contributed by atoms with Crippen molar-refractivity contribution in [3.8, 4) is 0 Å². The molecule has 3 heterocycles. The van der Waals surface area contributed by atoms with Crippen LogP contribution in [0.2, 0.25) is 0 Å². The first-order chi connectivity index (χ1) is 21.0. The average Bonchev–Trinajstić information content (AvgIpc) is 3.70. The molecule has 0 unspecified atom stereocenters. The van der Waals surface area contributed by atoms with E-state index in [1.807, 2.05) is 41.0 Å². The maximum atomic E-state index is 12.7. The molecule has 3 fully saturated rings. The SMILES string of the molecule is N[C@@H]1CCN(c2nc(NC(c3ccccc3)c3ccccc3)c3ncn([C@@H]4C[C@H](NC(=O)C5CCC5)[C@@H](O)[C@H]4O)c3n2)C1. The lowest BCUT2D eigenvalue weighted by Crippen LogP contribution is -2.46. The third kappa shape index (κ3) is 5.32. The van der Waals surface area contributed by atoms with Crippen molar-refractivity contribution < 1.29 is 15.0 Å². The van der Waals surface area contributed by atoms with Gasteiger partial charge in [0.15, 0.2) is 17.0 Å². The number of carbonyl (C=O) groups excluding carboxylic acids is 1. The first-order valence-corrected chi connectivity index (χ1v) is 15.2. The summed E-state index contributed by atoms with van der Waals surface area (Å²) >= 11 is 0. The highest BCUT2D eigenvalue weighted by molar-refractivity contribution is 5.85. The fourth-order valence-electron chi connectivity index (χ4n) is 6.54. The summed E-state index contributed by atoms with van der Waals surface area (Å²) in [6.45, 7) is 1.38. The number of anilines is 2. The van der Waals surface area contributed by atoms with Crippen molar-refractivity contribution >= 4 is 28.8 Å². The molecule has 7 rings (SSSR count). The molecule has 2 aromatic heterocycles. The molecule has 1 amide bonds. The lowest BCUT2D eigenvalue weighted by molar-refractivity contribution is -0.129. The van der Waals surface area contributed by atoms with Crippen LogP contribution in [0.3, 0.4) is 0 Å². The van der Waals surface area contributed by atoms with Crippen molar-refractivity contribution in [1.82, 2.24) is 24.8 Å². The molecule has 2 aliphatic carbocycles. The maximum absolute atomic E-state index is 12.7. The molecular weight excluding hydrogens is 544 g/mol. The van der Waals surface area contributed by atoms with Crippen LogP contribution in [-0.2, 0) is 4.79 Å². The first-order valence-electron chi connectivity index (χ1n) is 15.2. The van der Waals surface area contributed by atoms with Gasteiger partial charge in [-0.05, 0) is 36.8 Å². The van der Waals surface area contributed by atoms with E-state index < -0.39 is 24.3 Å². The number of amides is 1. The van der Waals surface area contributed by atoms with Gasteiger partial charge in [-0.3, -0.25) is 4.79 Å². The molecule has 11 nitrogen and oxygen atoms in total. The molecule has 11 heteroatoms. The first kappa shape index (κ1) is 27.8. The van der Waals surface area contributed by atoms with Crippen LogP contribution in [0.5, 0.6) is 0 Å². The Balaban J connectivity index is 1.27. The molecule has 224 valence electrons. The van der Waals surface area contributed by atoms with E-state index in [0.717, 1.165) is 43.4 Å². The van der Waals surface area contributed by atoms with Crippen molar-refractivity contribution in [3.05, 3.63) is 78.1 Å². The third-order valence-corrected chi connectivity index (χ3v) is 9.28. The molecule has 0 spiro atoms. The van der Waals surface area contributed by atoms with Gasteiger partial charge < -0.3 is 36.0 Å². The quantitative estimate of drug-likeness (QED) is 0.211. The molecule has 0 radical (unpaired) electrons. The minimum absolute atomic E-state index is 0.00425. The second-order valence-electron chi connectivity index (χ2n) is 12.1. The fourth-order valence-corrected chi connectivity index (χ4v) is 6.54. The highest BCUT2D eigenvalue weighted by Gasteiger charge is 2.45. The zero-order chi connectivity index (χ0) is 29.5. The van der Waals surface area contributed by atoms with E-state index >= 15 is 0 Å². The van der Waals surface area contributed by atoms with Gasteiger partial charge in [0.05, 0.1) is 24.5 Å². The van der Waals surface area contributed by atoms with E-state index in [-0.39, 0.29) is 23.9 Å². The smallest absolute Gasteiger partial charge is 0.229 e. The standard InChI is InChI=1S/C32H38N8O3/c33-22-14-15-39(17-22)32-37-29(36-25(19-8-3-1-4-9-19)20-10-5-2-6-11-20)26-30(38-32)40(18-34-26)24-16-23(27(41)28(24)42)35-31(43)21-12-7-13-21/h1-6,8-11,18,21-25,27-28,41-42H,7,12-17,33H2,(H,35,43)(H,36,37,38)/t22-,23+,24-,27-,28+/m1/s1. The lowest BCUT2D eigenvalue weighted by Gasteiger charge is -2.27. The Morgan fingerprint density at radius 3 is 2.26 bits per heavy atom. The highest BCUT2D eigenvalue weighted by Crippen LogP contribution is 2.37. The Bertz CT molecular complexity index is 1540. The van der Waals surface area contributed by atoms with Crippen LogP contribution in [-0.4, -0.2) is 73.0 Å². The van der Waals surface area contributed by atoms with E-state index in [1.165, 1.54) is 0 Å². The number of nitrogens with one attached hydrogen (secondary N) is 2. The Hall–Kier alpha value is -4.06. The Labute approximate surface area is 250 Å². The number of nitrogens with zero attached hydrogens (tertiary/aromatic N) is 5. The Morgan fingerprint density at radius 2 is 1.65 bits per heavy atom. The number of fused-ring (bicyclic) bond motifs is 1. The van der Waals surface area contributed by atoms with Crippen molar-refractivity contribution in [2.45, 2.75) is 68.5 Å². The number of benzene rings is 2. The number of imidazole rings is 1. The van der Waals surface area contributed by atoms with Crippen molar-refractivity contribution in [2.24, 2.45) is 11.7 Å². The third-order valence-electron chi connectivity index (χ3n) is 9.28. The molecule has 1 aliphatic heterocycles. The maximum Gasteiger partial charge on any atom is 0.229 e. The van der Waals surface area contributed by atoms with Gasteiger partial charge >= 0.3 is 0 Å². The van der Waals surface area contributed by atoms with Gasteiger partial charge in [0.25, 0.3) is 0 Å². The molecule has 5 atom stereocenters. The Kier molecular flexibility index (Phi) is 7.46. The zero-order valence-electron chi connectivity index (χ0n) is 24.0. The number of aliphatic hydroxyl groups excluding tert-OH is 2. The van der Waals surface area contributed by atoms with Gasteiger partial charge in [0.2, 0.25) is 11.9 Å². The van der Waals surface area contributed by atoms with Crippen molar-refractivity contribution in [2.75, 3.05) is 23.3 Å². The Morgan fingerprint density at radius 1 is 0.953 bits per heavy atom. The number of hydrogen-bond acceptors (Lipinski definition) is 9. The predicted molar refractivity (Wildman–Crippen MR) is 163 cm³/mol. The molecule has 4 aromatic rings. The van der Waals surface area contributed by atoms with E-state index in [4.69, 9.17) is 20.7 Å².